The Balaban J connectivity index is 2.93. The summed E-state index contributed by atoms with van der Waals surface area (Å²) >= 11 is 5.10. The monoisotopic (exact) mass is 212 g/mol. The lowest BCUT2D eigenvalue weighted by molar-refractivity contribution is 0.617. The third kappa shape index (κ3) is 3.06. The average molecular weight is 212 g/mol. The summed E-state index contributed by atoms with van der Waals surface area (Å²) in [5.41, 5.74) is -0.0415. The van der Waals surface area contributed by atoms with Crippen molar-refractivity contribution in [1.82, 2.24) is 14.5 Å². The number of anilines is 1. The molecule has 0 bridgehead atoms. The molecule has 0 aliphatic rings. The second-order valence-corrected chi connectivity index (χ2v) is 4.49. The molecule has 1 aromatic heterocycles. The van der Waals surface area contributed by atoms with E-state index in [-0.39, 0.29) is 5.54 Å². The Morgan fingerprint density at radius 3 is 2.57 bits per heavy atom. The maximum Gasteiger partial charge on any atom is 0.227 e. The van der Waals surface area contributed by atoms with E-state index in [2.05, 4.69) is 36.1 Å². The summed E-state index contributed by atoms with van der Waals surface area (Å²) in [6.45, 7) is 8.98. The van der Waals surface area contributed by atoms with E-state index >= 15 is 0 Å². The van der Waals surface area contributed by atoms with Gasteiger partial charge in [-0.1, -0.05) is 0 Å². The standard InChI is InChI=1S/C9H16N4S/c1-5-13-6-10-7(11-8(13)14)12-9(2,3)4/h6H,5H2,1-4H3,(H,11,12,14). The zero-order valence-electron chi connectivity index (χ0n) is 9.03. The summed E-state index contributed by atoms with van der Waals surface area (Å²) in [5.74, 6) is 0.590. The van der Waals surface area contributed by atoms with Crippen molar-refractivity contribution in [2.45, 2.75) is 39.8 Å². The van der Waals surface area contributed by atoms with E-state index in [1.807, 2.05) is 11.5 Å². The Morgan fingerprint density at radius 2 is 2.14 bits per heavy atom. The topological polar surface area (TPSA) is 42.7 Å². The lowest BCUT2D eigenvalue weighted by Gasteiger charge is -2.20. The van der Waals surface area contributed by atoms with Crippen LogP contribution in [0.2, 0.25) is 0 Å². The molecule has 0 fully saturated rings. The second-order valence-electron chi connectivity index (χ2n) is 4.12. The highest BCUT2D eigenvalue weighted by atomic mass is 32.1. The summed E-state index contributed by atoms with van der Waals surface area (Å²) in [6.07, 6.45) is 1.71. The van der Waals surface area contributed by atoms with Crippen LogP contribution in [0.25, 0.3) is 0 Å². The summed E-state index contributed by atoms with van der Waals surface area (Å²) < 4.78 is 2.39. The third-order valence-corrected chi connectivity index (χ3v) is 1.92. The van der Waals surface area contributed by atoms with Gasteiger partial charge in [0.25, 0.3) is 0 Å². The van der Waals surface area contributed by atoms with Crippen LogP contribution in [-0.4, -0.2) is 20.1 Å². The molecule has 14 heavy (non-hydrogen) atoms. The van der Waals surface area contributed by atoms with Gasteiger partial charge in [0.2, 0.25) is 10.7 Å². The predicted molar refractivity (Wildman–Crippen MR) is 59.9 cm³/mol. The molecule has 1 heterocycles. The van der Waals surface area contributed by atoms with Gasteiger partial charge < -0.3 is 9.88 Å². The molecule has 5 heteroatoms. The normalized spacial score (nSPS) is 11.4. The van der Waals surface area contributed by atoms with Gasteiger partial charge in [0.1, 0.15) is 6.33 Å². The zero-order chi connectivity index (χ0) is 10.8. The van der Waals surface area contributed by atoms with Gasteiger partial charge in [-0.15, -0.1) is 0 Å². The van der Waals surface area contributed by atoms with E-state index in [1.54, 1.807) is 6.33 Å². The molecule has 4 nitrogen and oxygen atoms in total. The van der Waals surface area contributed by atoms with Gasteiger partial charge in [-0.3, -0.25) is 0 Å². The highest BCUT2D eigenvalue weighted by Gasteiger charge is 2.10. The van der Waals surface area contributed by atoms with Crippen molar-refractivity contribution in [3.05, 3.63) is 11.1 Å². The first-order valence-electron chi connectivity index (χ1n) is 4.64. The Bertz CT molecular complexity index is 364. The number of rotatable bonds is 2. The molecule has 0 atom stereocenters. The second kappa shape index (κ2) is 4.04. The minimum atomic E-state index is -0.0415. The van der Waals surface area contributed by atoms with Crippen LogP contribution in [0.4, 0.5) is 5.95 Å². The molecule has 78 valence electrons. The molecule has 1 N–H and O–H groups in total. The molecule has 0 saturated heterocycles. The van der Waals surface area contributed by atoms with Gasteiger partial charge in [-0.05, 0) is 39.9 Å². The molecule has 0 unspecified atom stereocenters. The van der Waals surface area contributed by atoms with Gasteiger partial charge >= 0.3 is 0 Å². The summed E-state index contributed by atoms with van der Waals surface area (Å²) in [5, 5.41) is 3.17. The van der Waals surface area contributed by atoms with E-state index in [9.17, 15) is 0 Å². The molecule has 0 radical (unpaired) electrons. The first-order chi connectivity index (χ1) is 6.42. The molecule has 0 saturated carbocycles. The highest BCUT2D eigenvalue weighted by molar-refractivity contribution is 7.71. The first-order valence-corrected chi connectivity index (χ1v) is 5.05. The van der Waals surface area contributed by atoms with E-state index in [0.29, 0.717) is 10.7 Å². The zero-order valence-corrected chi connectivity index (χ0v) is 9.85. The SMILES string of the molecule is CCn1cnc(NC(C)(C)C)nc1=S. The molecule has 1 rings (SSSR count). The van der Waals surface area contributed by atoms with Crippen molar-refractivity contribution in [3.63, 3.8) is 0 Å². The largest absolute Gasteiger partial charge is 0.350 e. The van der Waals surface area contributed by atoms with Crippen molar-refractivity contribution < 1.29 is 0 Å². The van der Waals surface area contributed by atoms with Crippen LogP contribution in [0.1, 0.15) is 27.7 Å². The number of hydrogen-bond acceptors (Lipinski definition) is 4. The number of nitrogens with one attached hydrogen (secondary N) is 1. The van der Waals surface area contributed by atoms with E-state index in [1.165, 1.54) is 0 Å². The Hall–Kier alpha value is -0.970. The number of nitrogens with zero attached hydrogens (tertiary/aromatic N) is 3. The van der Waals surface area contributed by atoms with E-state index in [0.717, 1.165) is 6.54 Å². The average Bonchev–Trinajstić information content (AvgIpc) is 2.01. The minimum Gasteiger partial charge on any atom is -0.350 e. The fraction of sp³-hybridized carbons (Fsp3) is 0.667. The van der Waals surface area contributed by atoms with Crippen LogP contribution in [0, 0.1) is 4.77 Å². The van der Waals surface area contributed by atoms with Crippen molar-refractivity contribution in [3.8, 4) is 0 Å². The summed E-state index contributed by atoms with van der Waals surface area (Å²) in [6, 6.07) is 0. The van der Waals surface area contributed by atoms with Gasteiger partial charge in [0, 0.05) is 12.1 Å². The van der Waals surface area contributed by atoms with Crippen molar-refractivity contribution in [2.24, 2.45) is 0 Å². The number of hydrogen-bond donors (Lipinski definition) is 1. The van der Waals surface area contributed by atoms with E-state index in [4.69, 9.17) is 12.2 Å². The first kappa shape index (κ1) is 11.1. The van der Waals surface area contributed by atoms with Crippen LogP contribution in [0.3, 0.4) is 0 Å². The minimum absolute atomic E-state index is 0.0415. The lowest BCUT2D eigenvalue weighted by atomic mass is 10.1. The predicted octanol–water partition coefficient (Wildman–Crippen LogP) is 2.24. The van der Waals surface area contributed by atoms with Gasteiger partial charge in [0.05, 0.1) is 0 Å². The third-order valence-electron chi connectivity index (χ3n) is 1.59. The summed E-state index contributed by atoms with van der Waals surface area (Å²) in [4.78, 5) is 8.35. The fourth-order valence-corrected chi connectivity index (χ4v) is 1.23. The molecule has 0 aliphatic heterocycles. The molecule has 1 aromatic rings. The van der Waals surface area contributed by atoms with Crippen LogP contribution >= 0.6 is 12.2 Å². The number of aromatic nitrogens is 3. The molecular weight excluding hydrogens is 196 g/mol. The number of aryl methyl sites for hydroxylation is 1. The summed E-state index contributed by atoms with van der Waals surface area (Å²) in [7, 11) is 0. The van der Waals surface area contributed by atoms with Gasteiger partial charge in [-0.2, -0.15) is 4.98 Å². The van der Waals surface area contributed by atoms with Crippen molar-refractivity contribution in [1.29, 1.82) is 0 Å². The van der Waals surface area contributed by atoms with Crippen LogP contribution < -0.4 is 5.32 Å². The Morgan fingerprint density at radius 1 is 1.50 bits per heavy atom. The molecule has 0 spiro atoms. The molecule has 0 aliphatic carbocycles. The van der Waals surface area contributed by atoms with Crippen LogP contribution in [0.5, 0.6) is 0 Å². The van der Waals surface area contributed by atoms with Gasteiger partial charge in [-0.25, -0.2) is 4.98 Å². The van der Waals surface area contributed by atoms with Crippen LogP contribution in [-0.2, 0) is 6.54 Å². The smallest absolute Gasteiger partial charge is 0.227 e. The quantitative estimate of drug-likeness (QED) is 0.763. The Kier molecular flexibility index (Phi) is 3.21. The molecule has 0 aromatic carbocycles. The van der Waals surface area contributed by atoms with Gasteiger partial charge in [0.15, 0.2) is 0 Å². The highest BCUT2D eigenvalue weighted by Crippen LogP contribution is 2.08. The Labute approximate surface area is 89.4 Å². The van der Waals surface area contributed by atoms with Crippen molar-refractivity contribution >= 4 is 18.2 Å². The van der Waals surface area contributed by atoms with E-state index < -0.39 is 0 Å². The lowest BCUT2D eigenvalue weighted by Crippen LogP contribution is -2.27. The maximum atomic E-state index is 5.10. The molecular formula is C9H16N4S. The van der Waals surface area contributed by atoms with Crippen LogP contribution in [0.15, 0.2) is 6.33 Å². The maximum absolute atomic E-state index is 5.10. The molecule has 0 amide bonds. The van der Waals surface area contributed by atoms with Crippen molar-refractivity contribution in [2.75, 3.05) is 5.32 Å². The fourth-order valence-electron chi connectivity index (χ4n) is 0.970.